The van der Waals surface area contributed by atoms with Gasteiger partial charge in [-0.1, -0.05) is 17.4 Å². The average molecular weight is 640 g/mol. The van der Waals surface area contributed by atoms with Crippen LogP contribution in [0.4, 0.5) is 29.7 Å². The van der Waals surface area contributed by atoms with Crippen LogP contribution in [-0.2, 0) is 11.0 Å². The molecular weight excluding hydrogens is 607 g/mol. The smallest absolute Gasteiger partial charge is 0.396 e. The molecule has 0 saturated carbocycles. The zero-order valence-corrected chi connectivity index (χ0v) is 25.4. The van der Waals surface area contributed by atoms with Gasteiger partial charge < -0.3 is 20.9 Å². The highest BCUT2D eigenvalue weighted by Crippen LogP contribution is 2.33. The third kappa shape index (κ3) is 7.87. The van der Waals surface area contributed by atoms with Gasteiger partial charge in [-0.15, -0.1) is 0 Å². The Bertz CT molecular complexity index is 1740. The molecule has 4 aromatic rings. The predicted octanol–water partition coefficient (Wildman–Crippen LogP) is 4.89. The number of hydrogen-bond donors (Lipinski definition) is 4. The zero-order valence-electron chi connectivity index (χ0n) is 24.6. The fourth-order valence-corrected chi connectivity index (χ4v) is 5.60. The van der Waals surface area contributed by atoms with Crippen molar-refractivity contribution in [3.8, 4) is 5.69 Å². The molecule has 1 fully saturated rings. The maximum absolute atomic E-state index is 13.7. The van der Waals surface area contributed by atoms with Crippen LogP contribution >= 0.6 is 11.3 Å². The van der Waals surface area contributed by atoms with Gasteiger partial charge in [-0.3, -0.25) is 19.5 Å². The number of benzene rings is 2. The van der Waals surface area contributed by atoms with E-state index >= 15 is 0 Å². The summed E-state index contributed by atoms with van der Waals surface area (Å²) in [6, 6.07) is 8.01. The first-order chi connectivity index (χ1) is 21.4. The van der Waals surface area contributed by atoms with E-state index < -0.39 is 17.6 Å². The minimum Gasteiger partial charge on any atom is -0.396 e. The Labute approximate surface area is 261 Å². The first kappa shape index (κ1) is 31.7. The Morgan fingerprint density at radius 1 is 1.09 bits per heavy atom. The van der Waals surface area contributed by atoms with Crippen LogP contribution in [0.15, 0.2) is 61.3 Å². The number of nitrogens with one attached hydrogen (secondary N) is 2. The lowest BCUT2D eigenvalue weighted by atomic mass is 10.1. The minimum atomic E-state index is -4.63. The molecule has 236 valence electrons. The van der Waals surface area contributed by atoms with E-state index in [0.29, 0.717) is 33.5 Å². The summed E-state index contributed by atoms with van der Waals surface area (Å²) in [5.74, 6) is 5.53. The molecule has 0 unspecified atom stereocenters. The van der Waals surface area contributed by atoms with Crippen molar-refractivity contribution < 1.29 is 22.8 Å². The topological polar surface area (TPSA) is 147 Å². The Morgan fingerprint density at radius 3 is 2.53 bits per heavy atom. The maximum Gasteiger partial charge on any atom is 0.416 e. The highest BCUT2D eigenvalue weighted by atomic mass is 32.1. The van der Waals surface area contributed by atoms with Crippen molar-refractivity contribution in [1.82, 2.24) is 19.4 Å². The number of nitrogens with two attached hydrogens (primary N) is 2. The summed E-state index contributed by atoms with van der Waals surface area (Å²) in [7, 11) is 0. The summed E-state index contributed by atoms with van der Waals surface area (Å²) in [5.41, 5.74) is 7.73. The Balaban J connectivity index is 1.31. The number of halogens is 3. The summed E-state index contributed by atoms with van der Waals surface area (Å²) >= 11 is 1.19. The van der Waals surface area contributed by atoms with Crippen molar-refractivity contribution in [3.63, 3.8) is 0 Å². The Hall–Kier alpha value is -4.73. The van der Waals surface area contributed by atoms with E-state index in [1.54, 1.807) is 32.2 Å². The first-order valence-electron chi connectivity index (χ1n) is 14.0. The van der Waals surface area contributed by atoms with E-state index in [2.05, 4.69) is 25.5 Å². The van der Waals surface area contributed by atoms with Crippen LogP contribution in [0.1, 0.15) is 44.9 Å². The number of anilines is 3. The number of hydrogen-bond acceptors (Lipinski definition) is 9. The molecule has 0 aliphatic carbocycles. The number of carbonyl (C=O) groups is 2. The van der Waals surface area contributed by atoms with Gasteiger partial charge in [0, 0.05) is 35.5 Å². The lowest BCUT2D eigenvalue weighted by Crippen LogP contribution is -2.30. The van der Waals surface area contributed by atoms with Gasteiger partial charge in [-0.05, 0) is 75.7 Å². The second-order valence-electron chi connectivity index (χ2n) is 10.7. The predicted molar refractivity (Wildman–Crippen MR) is 168 cm³/mol. The van der Waals surface area contributed by atoms with E-state index in [-0.39, 0.29) is 28.5 Å². The molecule has 1 saturated heterocycles. The van der Waals surface area contributed by atoms with Gasteiger partial charge in [-0.2, -0.15) is 13.2 Å². The molecule has 45 heavy (non-hydrogen) atoms. The van der Waals surface area contributed by atoms with Crippen LogP contribution in [0.3, 0.4) is 0 Å². The fourth-order valence-electron chi connectivity index (χ4n) is 4.84. The molecule has 0 atom stereocenters. The number of thiazole rings is 1. The van der Waals surface area contributed by atoms with E-state index in [1.165, 1.54) is 51.8 Å². The quantitative estimate of drug-likeness (QED) is 0.150. The molecule has 3 heterocycles. The SMILES string of the molecule is Cc1cn(-c2cc(NC(=O)c3ccc(C)c(N(N)/C=C(\N)c4cnc(NC(=O)CN5CCCC5)s4)c3)cc(C(F)(F)F)c2)cn1. The van der Waals surface area contributed by atoms with E-state index in [0.717, 1.165) is 38.1 Å². The summed E-state index contributed by atoms with van der Waals surface area (Å²) < 4.78 is 42.5. The Kier molecular flexibility index (Phi) is 9.22. The zero-order chi connectivity index (χ0) is 32.3. The standard InChI is InChI=1S/C30H32F3N9O2S/c1-18-5-6-20(28(44)38-22-10-21(30(31,32)33)11-23(12-22)41-14-19(2)37-17-41)9-25(18)42(35)15-24(34)26-13-36-29(45-26)39-27(43)16-40-7-3-4-8-40/h5-6,9-15,17H,3-4,7-8,16,34-35H2,1-2H3,(H,38,44)(H,36,39,43)/b24-15-. The van der Waals surface area contributed by atoms with Gasteiger partial charge in [0.2, 0.25) is 5.91 Å². The number of imidazole rings is 1. The van der Waals surface area contributed by atoms with Crippen LogP contribution in [0.25, 0.3) is 11.4 Å². The molecular formula is C30H32F3N9O2S. The van der Waals surface area contributed by atoms with E-state index in [9.17, 15) is 22.8 Å². The van der Waals surface area contributed by atoms with Crippen LogP contribution < -0.4 is 27.2 Å². The van der Waals surface area contributed by atoms with Crippen molar-refractivity contribution in [1.29, 1.82) is 0 Å². The van der Waals surface area contributed by atoms with Crippen molar-refractivity contribution in [2.45, 2.75) is 32.9 Å². The van der Waals surface area contributed by atoms with Gasteiger partial charge in [0.25, 0.3) is 5.91 Å². The lowest BCUT2D eigenvalue weighted by Gasteiger charge is -2.19. The highest BCUT2D eigenvalue weighted by molar-refractivity contribution is 7.16. The van der Waals surface area contributed by atoms with Gasteiger partial charge in [0.05, 0.1) is 40.4 Å². The normalized spacial score (nSPS) is 14.0. The third-order valence-corrected chi connectivity index (χ3v) is 8.10. The summed E-state index contributed by atoms with van der Waals surface area (Å²) in [4.78, 5) is 36.5. The molecule has 5 rings (SSSR count). The maximum atomic E-state index is 13.7. The largest absolute Gasteiger partial charge is 0.416 e. The minimum absolute atomic E-state index is 0.0411. The third-order valence-electron chi connectivity index (χ3n) is 7.14. The molecule has 0 spiro atoms. The molecule has 1 aliphatic rings. The molecule has 11 nitrogen and oxygen atoms in total. The highest BCUT2D eigenvalue weighted by Gasteiger charge is 2.31. The van der Waals surface area contributed by atoms with Gasteiger partial charge >= 0.3 is 6.18 Å². The molecule has 2 amide bonds. The number of hydrazine groups is 1. The summed E-state index contributed by atoms with van der Waals surface area (Å²) in [5, 5.41) is 7.01. The van der Waals surface area contributed by atoms with Crippen LogP contribution in [-0.4, -0.2) is 50.9 Å². The van der Waals surface area contributed by atoms with Crippen LogP contribution in [0, 0.1) is 13.8 Å². The molecule has 1 aliphatic heterocycles. The molecule has 2 aromatic carbocycles. The van der Waals surface area contributed by atoms with Crippen LogP contribution in [0.2, 0.25) is 0 Å². The summed E-state index contributed by atoms with van der Waals surface area (Å²) in [6.07, 6.45) is 3.51. The Morgan fingerprint density at radius 2 is 1.84 bits per heavy atom. The second kappa shape index (κ2) is 13.1. The molecule has 6 N–H and O–H groups in total. The lowest BCUT2D eigenvalue weighted by molar-refractivity contribution is -0.137. The number of amides is 2. The second-order valence-corrected chi connectivity index (χ2v) is 11.7. The van der Waals surface area contributed by atoms with E-state index in [4.69, 9.17) is 11.6 Å². The molecule has 15 heteroatoms. The van der Waals surface area contributed by atoms with Crippen molar-refractivity contribution in [2.75, 3.05) is 35.3 Å². The molecule has 2 aromatic heterocycles. The van der Waals surface area contributed by atoms with Gasteiger partial charge in [0.1, 0.15) is 0 Å². The summed E-state index contributed by atoms with van der Waals surface area (Å²) in [6.45, 7) is 5.61. The van der Waals surface area contributed by atoms with E-state index in [1.807, 2.05) is 0 Å². The number of aromatic nitrogens is 3. The van der Waals surface area contributed by atoms with Crippen LogP contribution in [0.5, 0.6) is 0 Å². The van der Waals surface area contributed by atoms with Crippen molar-refractivity contribution >= 4 is 45.4 Å². The van der Waals surface area contributed by atoms with Crippen molar-refractivity contribution in [3.05, 3.63) is 88.6 Å². The number of carbonyl (C=O) groups excluding carboxylic acids is 2. The number of alkyl halides is 3. The molecule has 0 bridgehead atoms. The monoisotopic (exact) mass is 639 g/mol. The van der Waals surface area contributed by atoms with Gasteiger partial charge in [-0.25, -0.2) is 15.8 Å². The fraction of sp³-hybridized carbons (Fsp3) is 0.267. The number of likely N-dealkylation sites (tertiary alicyclic amines) is 1. The number of aryl methyl sites for hydroxylation is 2. The average Bonchev–Trinajstić information content (AvgIpc) is 3.75. The number of nitrogens with zero attached hydrogens (tertiary/aromatic N) is 5. The van der Waals surface area contributed by atoms with Gasteiger partial charge in [0.15, 0.2) is 5.13 Å². The molecule has 0 radical (unpaired) electrons. The van der Waals surface area contributed by atoms with Crippen molar-refractivity contribution in [2.24, 2.45) is 11.6 Å². The first-order valence-corrected chi connectivity index (χ1v) is 14.8. The number of rotatable bonds is 9.